The molecular formula is C18H12Cl2N2O6. The monoisotopic (exact) mass is 422 g/mol. The van der Waals surface area contributed by atoms with Crippen LogP contribution in [0.3, 0.4) is 0 Å². The lowest BCUT2D eigenvalue weighted by atomic mass is 10.2. The molecule has 3 rings (SSSR count). The van der Waals surface area contributed by atoms with Crippen LogP contribution in [0.25, 0.3) is 10.9 Å². The van der Waals surface area contributed by atoms with Crippen LogP contribution in [0.1, 0.15) is 6.92 Å². The molecule has 1 aromatic heterocycles. The topological polar surface area (TPSA) is 101 Å². The molecule has 28 heavy (non-hydrogen) atoms. The summed E-state index contributed by atoms with van der Waals surface area (Å²) in [6, 6.07) is 10.2. The quantitative estimate of drug-likeness (QED) is 0.320. The second-order valence-electron chi connectivity index (χ2n) is 5.56. The molecule has 0 fully saturated rings. The third-order valence-electron chi connectivity index (χ3n) is 3.65. The number of benzene rings is 2. The molecule has 0 spiro atoms. The lowest BCUT2D eigenvalue weighted by Gasteiger charge is -2.14. The summed E-state index contributed by atoms with van der Waals surface area (Å²) in [6.45, 7) is 1.45. The minimum atomic E-state index is -1.05. The van der Waals surface area contributed by atoms with Gasteiger partial charge in [0.05, 0.1) is 15.3 Å². The molecule has 3 aromatic rings. The lowest BCUT2D eigenvalue weighted by Crippen LogP contribution is -2.27. The van der Waals surface area contributed by atoms with Crippen LogP contribution in [-0.2, 0) is 9.68 Å². The predicted octanol–water partition coefficient (Wildman–Crippen LogP) is 4.75. The molecule has 2 aromatic carbocycles. The van der Waals surface area contributed by atoms with E-state index in [1.54, 1.807) is 12.1 Å². The van der Waals surface area contributed by atoms with E-state index in [1.165, 1.54) is 43.5 Å². The van der Waals surface area contributed by atoms with Crippen LogP contribution in [0, 0.1) is 10.1 Å². The number of hydrogen-bond donors (Lipinski definition) is 0. The lowest BCUT2D eigenvalue weighted by molar-refractivity contribution is -0.383. The number of hydrogen-bond acceptors (Lipinski definition) is 7. The summed E-state index contributed by atoms with van der Waals surface area (Å²) in [6.07, 6.45) is 0.394. The van der Waals surface area contributed by atoms with Gasteiger partial charge >= 0.3 is 5.97 Å². The standard InChI is InChI=1S/C18H12Cl2N2O6/c1-10(26-15-6-4-11(19)9-13(15)20)18(23)28-27-16-7-5-14(22(24)25)12-3-2-8-21-17(12)16/h2-10H,1H3. The molecule has 0 bridgehead atoms. The number of fused-ring (bicyclic) bond motifs is 1. The van der Waals surface area contributed by atoms with E-state index in [-0.39, 0.29) is 33.1 Å². The Morgan fingerprint density at radius 3 is 2.64 bits per heavy atom. The van der Waals surface area contributed by atoms with Gasteiger partial charge in [-0.2, -0.15) is 0 Å². The van der Waals surface area contributed by atoms with Crippen LogP contribution >= 0.6 is 23.2 Å². The number of carbonyl (C=O) groups is 1. The first-order chi connectivity index (χ1) is 13.4. The largest absolute Gasteiger partial charge is 0.477 e. The number of nitro benzene ring substituents is 1. The van der Waals surface area contributed by atoms with Gasteiger partial charge in [-0.3, -0.25) is 20.0 Å². The van der Waals surface area contributed by atoms with Crippen molar-refractivity contribution >= 4 is 45.8 Å². The van der Waals surface area contributed by atoms with E-state index in [0.717, 1.165) is 0 Å². The highest BCUT2D eigenvalue weighted by atomic mass is 35.5. The van der Waals surface area contributed by atoms with Gasteiger partial charge in [0.15, 0.2) is 6.10 Å². The van der Waals surface area contributed by atoms with Crippen LogP contribution < -0.4 is 9.62 Å². The SMILES string of the molecule is CC(Oc1ccc(Cl)cc1Cl)C(=O)OOc1ccc([N+](=O)[O-])c2cccnc12. The van der Waals surface area contributed by atoms with Gasteiger partial charge in [-0.1, -0.05) is 23.2 Å². The molecule has 0 aliphatic rings. The number of rotatable bonds is 6. The first kappa shape index (κ1) is 19.7. The van der Waals surface area contributed by atoms with Gasteiger partial charge in [0.1, 0.15) is 11.3 Å². The summed E-state index contributed by atoms with van der Waals surface area (Å²) < 4.78 is 5.44. The molecule has 0 aliphatic heterocycles. The smallest absolute Gasteiger partial charge is 0.395 e. The van der Waals surface area contributed by atoms with Crippen molar-refractivity contribution in [3.8, 4) is 11.5 Å². The number of nitrogens with zero attached hydrogens (tertiary/aromatic N) is 2. The molecule has 0 saturated heterocycles. The first-order valence-electron chi connectivity index (χ1n) is 7.89. The van der Waals surface area contributed by atoms with Gasteiger partial charge in [0.25, 0.3) is 5.69 Å². The molecule has 1 atom stereocenters. The second-order valence-corrected chi connectivity index (χ2v) is 6.40. The van der Waals surface area contributed by atoms with Gasteiger partial charge < -0.3 is 4.74 Å². The van der Waals surface area contributed by atoms with E-state index < -0.39 is 17.0 Å². The van der Waals surface area contributed by atoms with Crippen molar-refractivity contribution in [2.24, 2.45) is 0 Å². The predicted molar refractivity (Wildman–Crippen MR) is 102 cm³/mol. The summed E-state index contributed by atoms with van der Waals surface area (Å²) in [5.41, 5.74) is 0.0367. The number of aromatic nitrogens is 1. The molecule has 1 heterocycles. The molecule has 8 nitrogen and oxygen atoms in total. The van der Waals surface area contributed by atoms with Crippen molar-refractivity contribution in [3.05, 3.63) is 68.8 Å². The zero-order valence-electron chi connectivity index (χ0n) is 14.3. The number of carbonyl (C=O) groups excluding carboxylic acids is 1. The fourth-order valence-corrected chi connectivity index (χ4v) is 2.77. The van der Waals surface area contributed by atoms with Crippen molar-refractivity contribution < 1.29 is 24.2 Å². The normalized spacial score (nSPS) is 11.7. The molecule has 144 valence electrons. The summed E-state index contributed by atoms with van der Waals surface area (Å²) in [7, 11) is 0. The van der Waals surface area contributed by atoms with Crippen molar-refractivity contribution in [1.29, 1.82) is 0 Å². The average molecular weight is 423 g/mol. The fourth-order valence-electron chi connectivity index (χ4n) is 2.32. The highest BCUT2D eigenvalue weighted by molar-refractivity contribution is 6.35. The summed E-state index contributed by atoms with van der Waals surface area (Å²) in [5, 5.41) is 12.0. The zero-order valence-corrected chi connectivity index (χ0v) is 15.8. The van der Waals surface area contributed by atoms with Crippen LogP contribution in [0.15, 0.2) is 48.7 Å². The van der Waals surface area contributed by atoms with E-state index in [2.05, 4.69) is 4.98 Å². The molecule has 1 unspecified atom stereocenters. The number of non-ortho nitro benzene ring substituents is 1. The van der Waals surface area contributed by atoms with Gasteiger partial charge in [-0.15, -0.1) is 0 Å². The third-order valence-corrected chi connectivity index (χ3v) is 4.18. The van der Waals surface area contributed by atoms with Crippen molar-refractivity contribution in [2.75, 3.05) is 0 Å². The van der Waals surface area contributed by atoms with Gasteiger partial charge in [0, 0.05) is 17.3 Å². The number of pyridine rings is 1. The van der Waals surface area contributed by atoms with E-state index in [1.807, 2.05) is 0 Å². The first-order valence-corrected chi connectivity index (χ1v) is 8.64. The van der Waals surface area contributed by atoms with E-state index >= 15 is 0 Å². The van der Waals surface area contributed by atoms with E-state index in [4.69, 9.17) is 37.7 Å². The Morgan fingerprint density at radius 2 is 1.93 bits per heavy atom. The van der Waals surface area contributed by atoms with E-state index in [0.29, 0.717) is 5.02 Å². The molecule has 0 N–H and O–H groups in total. The maximum Gasteiger partial charge on any atom is 0.395 e. The van der Waals surface area contributed by atoms with Crippen molar-refractivity contribution in [2.45, 2.75) is 13.0 Å². The minimum Gasteiger partial charge on any atom is -0.477 e. The second kappa shape index (κ2) is 8.28. The molecule has 10 heteroatoms. The number of ether oxygens (including phenoxy) is 1. The maximum absolute atomic E-state index is 12.1. The maximum atomic E-state index is 12.1. The highest BCUT2D eigenvalue weighted by Gasteiger charge is 2.22. The van der Waals surface area contributed by atoms with Crippen molar-refractivity contribution in [3.63, 3.8) is 0 Å². The molecule has 0 amide bonds. The van der Waals surface area contributed by atoms with Crippen LogP contribution in [0.4, 0.5) is 5.69 Å². The van der Waals surface area contributed by atoms with Crippen LogP contribution in [0.5, 0.6) is 11.5 Å². The Hall–Kier alpha value is -3.10. The highest BCUT2D eigenvalue weighted by Crippen LogP contribution is 2.32. The number of halogens is 2. The number of nitro groups is 1. The molecule has 0 saturated carbocycles. The summed E-state index contributed by atoms with van der Waals surface area (Å²) in [4.78, 5) is 36.6. The molecule has 0 aliphatic carbocycles. The molecule has 0 radical (unpaired) electrons. The Labute approximate surface area is 168 Å². The molecular weight excluding hydrogens is 411 g/mol. The van der Waals surface area contributed by atoms with Crippen LogP contribution in [0.2, 0.25) is 10.0 Å². The summed E-state index contributed by atoms with van der Waals surface area (Å²) in [5.74, 6) is -0.544. The van der Waals surface area contributed by atoms with Gasteiger partial charge in [-0.25, -0.2) is 9.68 Å². The van der Waals surface area contributed by atoms with E-state index in [9.17, 15) is 14.9 Å². The van der Waals surface area contributed by atoms with Crippen molar-refractivity contribution in [1.82, 2.24) is 4.98 Å². The Kier molecular flexibility index (Phi) is 5.81. The minimum absolute atomic E-state index is 0.0475. The Bertz CT molecular complexity index is 1060. The Balaban J connectivity index is 1.72. The summed E-state index contributed by atoms with van der Waals surface area (Å²) >= 11 is 11.8. The van der Waals surface area contributed by atoms with Gasteiger partial charge in [-0.05, 0) is 43.3 Å². The third kappa shape index (κ3) is 4.24. The fraction of sp³-hybridized carbons (Fsp3) is 0.111. The zero-order chi connectivity index (χ0) is 20.3. The van der Waals surface area contributed by atoms with Gasteiger partial charge in [0.2, 0.25) is 5.75 Å². The Morgan fingerprint density at radius 1 is 1.18 bits per heavy atom. The average Bonchev–Trinajstić information content (AvgIpc) is 2.67. The van der Waals surface area contributed by atoms with Crippen LogP contribution in [-0.4, -0.2) is 22.0 Å².